The first kappa shape index (κ1) is 17.2. The predicted molar refractivity (Wildman–Crippen MR) is 76.7 cm³/mol. The molecule has 0 aliphatic rings. The van der Waals surface area contributed by atoms with Crippen LogP contribution in [0.5, 0.6) is 0 Å². The van der Waals surface area contributed by atoms with Crippen LogP contribution in [0.15, 0.2) is 24.3 Å². The number of benzene rings is 1. The van der Waals surface area contributed by atoms with E-state index in [9.17, 15) is 19.2 Å². The number of hydrogen-bond donors (Lipinski definition) is 3. The summed E-state index contributed by atoms with van der Waals surface area (Å²) in [5.41, 5.74) is 0.789. The van der Waals surface area contributed by atoms with E-state index in [1.165, 1.54) is 29.2 Å². The number of rotatable bonds is 8. The van der Waals surface area contributed by atoms with Crippen LogP contribution in [0.2, 0.25) is 0 Å². The van der Waals surface area contributed by atoms with Crippen LogP contribution in [0.4, 0.5) is 5.69 Å². The Morgan fingerprint density at radius 1 is 1.23 bits per heavy atom. The van der Waals surface area contributed by atoms with Gasteiger partial charge in [0.25, 0.3) is 5.91 Å². The average molecular weight is 308 g/mol. The van der Waals surface area contributed by atoms with E-state index >= 15 is 0 Å². The molecule has 0 radical (unpaired) electrons. The van der Waals surface area contributed by atoms with Crippen LogP contribution >= 0.6 is 0 Å². The smallest absolute Gasteiger partial charge is 0.326 e. The quantitative estimate of drug-likeness (QED) is 0.594. The Balaban J connectivity index is 2.75. The second-order valence-electron chi connectivity index (χ2n) is 4.56. The number of carboxylic acid groups (broad SMARTS) is 2. The van der Waals surface area contributed by atoms with Crippen molar-refractivity contribution in [1.82, 2.24) is 5.32 Å². The van der Waals surface area contributed by atoms with Gasteiger partial charge in [-0.1, -0.05) is 0 Å². The third kappa shape index (κ3) is 4.89. The molecule has 3 N–H and O–H groups in total. The highest BCUT2D eigenvalue weighted by molar-refractivity contribution is 5.97. The molecule has 118 valence electrons. The highest BCUT2D eigenvalue weighted by atomic mass is 16.4. The zero-order valence-corrected chi connectivity index (χ0v) is 11.9. The monoisotopic (exact) mass is 308 g/mol. The molecule has 8 nitrogen and oxygen atoms in total. The van der Waals surface area contributed by atoms with Gasteiger partial charge in [-0.25, -0.2) is 4.79 Å². The fourth-order valence-electron chi connectivity index (χ4n) is 1.68. The van der Waals surface area contributed by atoms with E-state index in [-0.39, 0.29) is 18.4 Å². The standard InChI is InChI=1S/C14H16N2O6/c1-16(8-17)10-4-2-9(3-5-10)13(20)15-11(14(21)22)6-7-12(18)19/h2-5,8,11H,6-7H2,1H3,(H,15,20)(H,18,19)(H,21,22)/t11-/m0/s1. The molecule has 0 spiro atoms. The van der Waals surface area contributed by atoms with Crippen LogP contribution in [-0.4, -0.2) is 47.6 Å². The Morgan fingerprint density at radius 3 is 2.27 bits per heavy atom. The van der Waals surface area contributed by atoms with Gasteiger partial charge >= 0.3 is 11.9 Å². The highest BCUT2D eigenvalue weighted by Crippen LogP contribution is 2.12. The Bertz CT molecular complexity index is 569. The third-order valence-electron chi connectivity index (χ3n) is 2.95. The lowest BCUT2D eigenvalue weighted by atomic mass is 10.1. The predicted octanol–water partition coefficient (Wildman–Crippen LogP) is 0.327. The topological polar surface area (TPSA) is 124 Å². The van der Waals surface area contributed by atoms with Crippen LogP contribution in [0.1, 0.15) is 23.2 Å². The maximum absolute atomic E-state index is 11.9. The van der Waals surface area contributed by atoms with Crippen LogP contribution < -0.4 is 10.2 Å². The number of anilines is 1. The number of nitrogens with zero attached hydrogens (tertiary/aromatic N) is 1. The Hall–Kier alpha value is -2.90. The van der Waals surface area contributed by atoms with Gasteiger partial charge < -0.3 is 20.4 Å². The van der Waals surface area contributed by atoms with Gasteiger partial charge in [-0.3, -0.25) is 14.4 Å². The lowest BCUT2D eigenvalue weighted by Crippen LogP contribution is -2.41. The summed E-state index contributed by atoms with van der Waals surface area (Å²) in [4.78, 5) is 45.3. The molecule has 1 aromatic rings. The lowest BCUT2D eigenvalue weighted by molar-refractivity contribution is -0.140. The van der Waals surface area contributed by atoms with Gasteiger partial charge in [-0.15, -0.1) is 0 Å². The molecule has 0 unspecified atom stereocenters. The van der Waals surface area contributed by atoms with E-state index < -0.39 is 23.9 Å². The molecular weight excluding hydrogens is 292 g/mol. The van der Waals surface area contributed by atoms with Crippen LogP contribution in [-0.2, 0) is 14.4 Å². The minimum Gasteiger partial charge on any atom is -0.481 e. The number of aliphatic carboxylic acids is 2. The number of nitrogens with one attached hydrogen (secondary N) is 1. The van der Waals surface area contributed by atoms with Crippen molar-refractivity contribution < 1.29 is 29.4 Å². The van der Waals surface area contributed by atoms with Gasteiger partial charge in [0.15, 0.2) is 0 Å². The van der Waals surface area contributed by atoms with Crippen molar-refractivity contribution in [2.45, 2.75) is 18.9 Å². The van der Waals surface area contributed by atoms with Crippen molar-refractivity contribution >= 4 is 29.9 Å². The molecule has 0 aliphatic carbocycles. The first-order valence-electron chi connectivity index (χ1n) is 6.38. The van der Waals surface area contributed by atoms with E-state index in [4.69, 9.17) is 10.2 Å². The molecule has 0 fully saturated rings. The summed E-state index contributed by atoms with van der Waals surface area (Å²) in [5, 5.41) is 19.8. The molecule has 22 heavy (non-hydrogen) atoms. The van der Waals surface area contributed by atoms with Crippen molar-refractivity contribution in [3.63, 3.8) is 0 Å². The number of carbonyl (C=O) groups is 4. The van der Waals surface area contributed by atoms with Crippen molar-refractivity contribution in [3.05, 3.63) is 29.8 Å². The Kier molecular flexibility index (Phi) is 6.06. The summed E-state index contributed by atoms with van der Waals surface area (Å²) in [7, 11) is 1.55. The third-order valence-corrected chi connectivity index (χ3v) is 2.95. The molecule has 0 aliphatic heterocycles. The second-order valence-corrected chi connectivity index (χ2v) is 4.56. The summed E-state index contributed by atoms with van der Waals surface area (Å²) in [6.45, 7) is 0. The molecule has 1 atom stereocenters. The lowest BCUT2D eigenvalue weighted by Gasteiger charge is -2.14. The molecule has 0 saturated carbocycles. The first-order valence-corrected chi connectivity index (χ1v) is 6.38. The number of carboxylic acids is 2. The number of carbonyl (C=O) groups excluding carboxylic acids is 2. The zero-order chi connectivity index (χ0) is 16.7. The van der Waals surface area contributed by atoms with Gasteiger partial charge in [0.1, 0.15) is 6.04 Å². The van der Waals surface area contributed by atoms with Crippen molar-refractivity contribution in [2.75, 3.05) is 11.9 Å². The molecule has 0 aromatic heterocycles. The van der Waals surface area contributed by atoms with Crippen LogP contribution in [0.25, 0.3) is 0 Å². The van der Waals surface area contributed by atoms with E-state index in [0.717, 1.165) is 0 Å². The zero-order valence-electron chi connectivity index (χ0n) is 11.9. The van der Waals surface area contributed by atoms with Crippen molar-refractivity contribution in [3.8, 4) is 0 Å². The molecular formula is C14H16N2O6. The SMILES string of the molecule is CN(C=O)c1ccc(C(=O)N[C@@H](CCC(=O)O)C(=O)O)cc1. The largest absolute Gasteiger partial charge is 0.481 e. The maximum atomic E-state index is 11.9. The molecule has 8 heteroatoms. The molecule has 2 amide bonds. The second kappa shape index (κ2) is 7.77. The van der Waals surface area contributed by atoms with Crippen molar-refractivity contribution in [2.24, 2.45) is 0 Å². The summed E-state index contributed by atoms with van der Waals surface area (Å²) in [6.07, 6.45) is 0.0458. The van der Waals surface area contributed by atoms with E-state index in [2.05, 4.69) is 5.32 Å². The normalized spacial score (nSPS) is 11.3. The number of amides is 2. The van der Waals surface area contributed by atoms with Gasteiger partial charge in [0, 0.05) is 24.7 Å². The summed E-state index contributed by atoms with van der Waals surface area (Å²) in [6, 6.07) is 4.69. The van der Waals surface area contributed by atoms with E-state index in [1.54, 1.807) is 7.05 Å². The molecule has 0 heterocycles. The summed E-state index contributed by atoms with van der Waals surface area (Å²) in [5.74, 6) is -3.06. The molecule has 1 rings (SSSR count). The Labute approximate surface area is 126 Å². The van der Waals surface area contributed by atoms with E-state index in [0.29, 0.717) is 12.1 Å². The van der Waals surface area contributed by atoms with Crippen LogP contribution in [0, 0.1) is 0 Å². The van der Waals surface area contributed by atoms with Gasteiger partial charge in [-0.05, 0) is 30.7 Å². The first-order chi connectivity index (χ1) is 10.3. The molecule has 0 bridgehead atoms. The number of hydrogen-bond acceptors (Lipinski definition) is 4. The minimum absolute atomic E-state index is 0.206. The van der Waals surface area contributed by atoms with Crippen LogP contribution in [0.3, 0.4) is 0 Å². The Morgan fingerprint density at radius 2 is 1.82 bits per heavy atom. The maximum Gasteiger partial charge on any atom is 0.326 e. The summed E-state index contributed by atoms with van der Waals surface area (Å²) < 4.78 is 0. The fraction of sp³-hybridized carbons (Fsp3) is 0.286. The average Bonchev–Trinajstić information content (AvgIpc) is 2.50. The fourth-order valence-corrected chi connectivity index (χ4v) is 1.68. The highest BCUT2D eigenvalue weighted by Gasteiger charge is 2.21. The van der Waals surface area contributed by atoms with Gasteiger partial charge in [0.05, 0.1) is 0 Å². The van der Waals surface area contributed by atoms with Crippen molar-refractivity contribution in [1.29, 1.82) is 0 Å². The summed E-state index contributed by atoms with van der Waals surface area (Å²) >= 11 is 0. The molecule has 0 saturated heterocycles. The minimum atomic E-state index is -1.30. The van der Waals surface area contributed by atoms with Gasteiger partial charge in [-0.2, -0.15) is 0 Å². The van der Waals surface area contributed by atoms with E-state index in [1.807, 2.05) is 0 Å². The van der Waals surface area contributed by atoms with Gasteiger partial charge in [0.2, 0.25) is 6.41 Å². The molecule has 1 aromatic carbocycles.